The van der Waals surface area contributed by atoms with E-state index < -0.39 is 39.8 Å². The van der Waals surface area contributed by atoms with Crippen molar-refractivity contribution in [3.8, 4) is 0 Å². The van der Waals surface area contributed by atoms with Crippen molar-refractivity contribution in [2.75, 3.05) is 18.4 Å². The molecule has 3 aromatic rings. The Hall–Kier alpha value is -3.79. The second-order valence-corrected chi connectivity index (χ2v) is 9.44. The number of alkyl halides is 6. The minimum atomic E-state index is -4.63. The first kappa shape index (κ1) is 28.2. The predicted molar refractivity (Wildman–Crippen MR) is 138 cm³/mol. The quantitative estimate of drug-likeness (QED) is 0.237. The molecule has 204 valence electrons. The summed E-state index contributed by atoms with van der Waals surface area (Å²) in [5, 5.41) is 8.16. The Kier molecular flexibility index (Phi) is 7.79. The number of nitrogens with zero attached hydrogens (tertiary/aromatic N) is 2. The van der Waals surface area contributed by atoms with E-state index in [1.54, 1.807) is 6.08 Å². The van der Waals surface area contributed by atoms with E-state index in [4.69, 9.17) is 11.6 Å². The lowest BCUT2D eigenvalue weighted by molar-refractivity contribution is -0.138. The molecule has 4 rings (SSSR count). The third-order valence-corrected chi connectivity index (χ3v) is 6.65. The molecule has 0 aromatic heterocycles. The molecular weight excluding hydrogens is 544 g/mol. The number of hydrogen-bond donors (Lipinski definition) is 1. The zero-order valence-corrected chi connectivity index (χ0v) is 21.0. The molecule has 1 heterocycles. The van der Waals surface area contributed by atoms with Gasteiger partial charge in [-0.3, -0.25) is 9.80 Å². The number of amides is 1. The Labute approximate surface area is 225 Å². The first-order valence-electron chi connectivity index (χ1n) is 11.7. The van der Waals surface area contributed by atoms with Gasteiger partial charge in [0.15, 0.2) is 0 Å². The summed E-state index contributed by atoms with van der Waals surface area (Å²) in [6, 6.07) is 16.6. The monoisotopic (exact) mass is 565 g/mol. The number of anilines is 1. The van der Waals surface area contributed by atoms with Gasteiger partial charge >= 0.3 is 12.4 Å². The molecule has 1 unspecified atom stereocenters. The minimum Gasteiger partial charge on any atom is -0.324 e. The van der Waals surface area contributed by atoms with E-state index in [-0.39, 0.29) is 18.8 Å². The van der Waals surface area contributed by atoms with Crippen LogP contribution in [0.3, 0.4) is 0 Å². The highest BCUT2D eigenvalue weighted by Crippen LogP contribution is 2.41. The topological polar surface area (TPSA) is 44.7 Å². The van der Waals surface area contributed by atoms with E-state index in [0.717, 1.165) is 35.9 Å². The molecule has 3 aromatic carbocycles. The largest absolute Gasteiger partial charge is 0.417 e. The average Bonchev–Trinajstić information content (AvgIpc) is 3.22. The highest BCUT2D eigenvalue weighted by molar-refractivity contribution is 6.32. The van der Waals surface area contributed by atoms with Crippen LogP contribution in [-0.2, 0) is 22.6 Å². The molecule has 1 amide bonds. The maximum Gasteiger partial charge on any atom is 0.417 e. The molecule has 11 heteroatoms. The lowest BCUT2D eigenvalue weighted by atomic mass is 9.72. The molecule has 1 aliphatic heterocycles. The highest BCUT2D eigenvalue weighted by atomic mass is 35.5. The number of carbonyl (C=O) groups is 1. The molecule has 0 aliphatic carbocycles. The molecule has 0 spiro atoms. The van der Waals surface area contributed by atoms with E-state index in [1.807, 2.05) is 30.3 Å². The number of benzene rings is 3. The Morgan fingerprint density at radius 1 is 1.00 bits per heavy atom. The van der Waals surface area contributed by atoms with Crippen molar-refractivity contribution in [2.45, 2.75) is 24.2 Å². The fourth-order valence-corrected chi connectivity index (χ4v) is 4.88. The van der Waals surface area contributed by atoms with Crippen LogP contribution < -0.4 is 5.32 Å². The van der Waals surface area contributed by atoms with Gasteiger partial charge in [0.25, 0.3) is 0 Å². The summed E-state index contributed by atoms with van der Waals surface area (Å²) in [5.74, 6) is -0.536. The lowest BCUT2D eigenvalue weighted by Gasteiger charge is -2.31. The normalized spacial score (nSPS) is 17.6. The third kappa shape index (κ3) is 6.11. The molecule has 1 aliphatic rings. The van der Waals surface area contributed by atoms with Crippen molar-refractivity contribution in [3.63, 3.8) is 0 Å². The van der Waals surface area contributed by atoms with Crippen molar-refractivity contribution in [1.82, 2.24) is 5.01 Å². The van der Waals surface area contributed by atoms with Gasteiger partial charge in [-0.2, -0.15) is 31.4 Å². The molecule has 39 heavy (non-hydrogen) atoms. The van der Waals surface area contributed by atoms with Crippen LogP contribution in [0.5, 0.6) is 0 Å². The lowest BCUT2D eigenvalue weighted by Crippen LogP contribution is -2.40. The summed E-state index contributed by atoms with van der Waals surface area (Å²) in [6.07, 6.45) is -7.12. The van der Waals surface area contributed by atoms with Crippen LogP contribution in [0.15, 0.2) is 90.6 Å². The molecule has 1 atom stereocenters. The number of halogens is 7. The molecule has 0 fully saturated rings. The molecule has 0 radical (unpaired) electrons. The summed E-state index contributed by atoms with van der Waals surface area (Å²) < 4.78 is 78.5. The Morgan fingerprint density at radius 2 is 1.67 bits per heavy atom. The number of hydrogen-bond acceptors (Lipinski definition) is 3. The van der Waals surface area contributed by atoms with Gasteiger partial charge in [0.1, 0.15) is 6.54 Å². The van der Waals surface area contributed by atoms with Crippen LogP contribution in [0.4, 0.5) is 32.0 Å². The van der Waals surface area contributed by atoms with Crippen molar-refractivity contribution in [2.24, 2.45) is 5.10 Å². The number of allylic oxidation sites excluding steroid dienone is 1. The number of hydrazone groups is 1. The van der Waals surface area contributed by atoms with Gasteiger partial charge in [-0.25, -0.2) is 0 Å². The van der Waals surface area contributed by atoms with Gasteiger partial charge in [0.2, 0.25) is 5.91 Å². The number of rotatable bonds is 7. The second-order valence-electron chi connectivity index (χ2n) is 9.03. The second kappa shape index (κ2) is 10.8. The fraction of sp³-hybridized carbons (Fsp3) is 0.214. The van der Waals surface area contributed by atoms with Gasteiger partial charge in [-0.1, -0.05) is 54.1 Å². The summed E-state index contributed by atoms with van der Waals surface area (Å²) in [6.45, 7) is 3.78. The third-order valence-electron chi connectivity index (χ3n) is 6.34. The van der Waals surface area contributed by atoms with Crippen LogP contribution in [0, 0.1) is 0 Å². The smallest absolute Gasteiger partial charge is 0.324 e. The van der Waals surface area contributed by atoms with Gasteiger partial charge in [-0.15, -0.1) is 6.58 Å². The van der Waals surface area contributed by atoms with Gasteiger partial charge in [0.05, 0.1) is 33.8 Å². The molecule has 1 N–H and O–H groups in total. The van der Waals surface area contributed by atoms with Crippen molar-refractivity contribution < 1.29 is 31.1 Å². The van der Waals surface area contributed by atoms with Crippen molar-refractivity contribution in [3.05, 3.63) is 113 Å². The van der Waals surface area contributed by atoms with Gasteiger partial charge in [-0.05, 0) is 48.4 Å². The molecule has 0 saturated carbocycles. The molecule has 4 nitrogen and oxygen atoms in total. The van der Waals surface area contributed by atoms with E-state index in [1.165, 1.54) is 17.1 Å². The van der Waals surface area contributed by atoms with Crippen LogP contribution in [-0.4, -0.2) is 29.7 Å². The number of nitrogens with one attached hydrogen (secondary N) is 1. The Bertz CT molecular complexity index is 1390. The summed E-state index contributed by atoms with van der Waals surface area (Å²) >= 11 is 6.02. The minimum absolute atomic E-state index is 0.173. The van der Waals surface area contributed by atoms with Crippen LogP contribution in [0.1, 0.15) is 28.7 Å². The average molecular weight is 566 g/mol. The number of carbonyl (C=O) groups excluding carboxylic acids is 1. The first-order chi connectivity index (χ1) is 18.3. The standard InChI is InChI=1S/C28H22ClF6N3O/c1-2-14-26(19-6-4-3-5-7-19)17-38(16-24(39)36-21-11-9-20(10-12-21)27(30,31)32)37-25(26)18-8-13-22(23(29)15-18)28(33,34)35/h2-13,15H,1,14,16-17H2,(H,36,39). The van der Waals surface area contributed by atoms with E-state index in [9.17, 15) is 31.1 Å². The molecule has 0 bridgehead atoms. The summed E-state index contributed by atoms with van der Waals surface area (Å²) in [7, 11) is 0. The van der Waals surface area contributed by atoms with Crippen molar-refractivity contribution >= 4 is 28.9 Å². The fourth-order valence-electron chi connectivity index (χ4n) is 4.60. The maximum absolute atomic E-state index is 13.3. The summed E-state index contributed by atoms with van der Waals surface area (Å²) in [5.41, 5.74) is -0.941. The summed E-state index contributed by atoms with van der Waals surface area (Å²) in [4.78, 5) is 12.8. The van der Waals surface area contributed by atoms with Crippen LogP contribution >= 0.6 is 11.6 Å². The SMILES string of the molecule is C=CCC1(c2ccccc2)CN(CC(=O)Nc2ccc(C(F)(F)F)cc2)N=C1c1ccc(C(F)(F)F)c(Cl)c1. The zero-order valence-electron chi connectivity index (χ0n) is 20.3. The zero-order chi connectivity index (χ0) is 28.4. The highest BCUT2D eigenvalue weighted by Gasteiger charge is 2.45. The Balaban J connectivity index is 1.66. The van der Waals surface area contributed by atoms with E-state index >= 15 is 0 Å². The van der Waals surface area contributed by atoms with Gasteiger partial charge in [0, 0.05) is 11.3 Å². The first-order valence-corrected chi connectivity index (χ1v) is 12.1. The molecule has 0 saturated heterocycles. The predicted octanol–water partition coefficient (Wildman–Crippen LogP) is 7.55. The van der Waals surface area contributed by atoms with E-state index in [0.29, 0.717) is 17.7 Å². The van der Waals surface area contributed by atoms with Gasteiger partial charge < -0.3 is 5.32 Å². The molecular formula is C28H22ClF6N3O. The van der Waals surface area contributed by atoms with Crippen LogP contribution in [0.2, 0.25) is 5.02 Å². The maximum atomic E-state index is 13.3. The van der Waals surface area contributed by atoms with Crippen LogP contribution in [0.25, 0.3) is 0 Å². The van der Waals surface area contributed by atoms with E-state index in [2.05, 4.69) is 17.0 Å². The Morgan fingerprint density at radius 3 is 2.23 bits per heavy atom. The van der Waals surface area contributed by atoms with Crippen molar-refractivity contribution in [1.29, 1.82) is 0 Å².